The fraction of sp³-hybridized carbons (Fsp3) is 0.417. The number of nitrogens with zero attached hydrogens (tertiary/aromatic N) is 2. The van der Waals surface area contributed by atoms with Gasteiger partial charge in [-0.1, -0.05) is 23.7 Å². The zero-order valence-electron chi connectivity index (χ0n) is 19.4. The molecule has 0 aliphatic rings. The van der Waals surface area contributed by atoms with E-state index >= 15 is 0 Å². The van der Waals surface area contributed by atoms with Crippen molar-refractivity contribution in [3.8, 4) is 11.5 Å². The fourth-order valence-corrected chi connectivity index (χ4v) is 2.65. The summed E-state index contributed by atoms with van der Waals surface area (Å²) < 4.78 is 16.9. The van der Waals surface area contributed by atoms with Crippen molar-refractivity contribution in [1.82, 2.24) is 9.80 Å². The highest BCUT2D eigenvalue weighted by Crippen LogP contribution is 2.27. The van der Waals surface area contributed by atoms with Gasteiger partial charge in [-0.3, -0.25) is 0 Å². The van der Waals surface area contributed by atoms with Crippen LogP contribution in [0.1, 0.15) is 38.9 Å². The van der Waals surface area contributed by atoms with Gasteiger partial charge in [-0.2, -0.15) is 0 Å². The van der Waals surface area contributed by atoms with Crippen LogP contribution in [0.4, 0.5) is 9.59 Å². The van der Waals surface area contributed by atoms with E-state index in [1.807, 2.05) is 20.8 Å². The van der Waals surface area contributed by atoms with E-state index < -0.39 is 18.3 Å². The van der Waals surface area contributed by atoms with Crippen LogP contribution in [0, 0.1) is 0 Å². The van der Waals surface area contributed by atoms with Crippen molar-refractivity contribution >= 4 is 23.8 Å². The Kier molecular flexibility index (Phi) is 8.78. The maximum Gasteiger partial charge on any atom is 0.414 e. The molecule has 0 saturated carbocycles. The predicted molar refractivity (Wildman–Crippen MR) is 124 cm³/mol. The second-order valence-corrected chi connectivity index (χ2v) is 8.96. The Labute approximate surface area is 194 Å². The van der Waals surface area contributed by atoms with E-state index in [0.29, 0.717) is 29.5 Å². The molecule has 0 spiro atoms. The minimum absolute atomic E-state index is 0.330. The van der Waals surface area contributed by atoms with Gasteiger partial charge < -0.3 is 24.0 Å². The third-order valence-electron chi connectivity index (χ3n) is 4.81. The summed E-state index contributed by atoms with van der Waals surface area (Å²) in [6, 6.07) is 14.0. The second kappa shape index (κ2) is 11.1. The van der Waals surface area contributed by atoms with E-state index in [0.717, 1.165) is 5.56 Å². The molecule has 0 saturated heterocycles. The quantitative estimate of drug-likeness (QED) is 0.521. The number of benzene rings is 2. The van der Waals surface area contributed by atoms with Crippen molar-refractivity contribution in [2.75, 3.05) is 27.7 Å². The number of carbonyl (C=O) groups excluding carboxylic acids is 2. The highest BCUT2D eigenvalue weighted by molar-refractivity contribution is 6.30. The van der Waals surface area contributed by atoms with Crippen LogP contribution >= 0.6 is 11.6 Å². The first-order valence-electron chi connectivity index (χ1n) is 10.3. The molecule has 0 fully saturated rings. The Bertz CT molecular complexity index is 892. The molecule has 174 valence electrons. The number of rotatable bonds is 7. The van der Waals surface area contributed by atoms with Gasteiger partial charge in [-0.15, -0.1) is 0 Å². The summed E-state index contributed by atoms with van der Waals surface area (Å²) in [5.74, 6) is 1.08. The minimum atomic E-state index is -0.543. The first-order valence-corrected chi connectivity index (χ1v) is 10.7. The normalized spacial score (nSPS) is 12.0. The number of amides is 2. The van der Waals surface area contributed by atoms with Crippen LogP contribution in [-0.4, -0.2) is 55.3 Å². The molecule has 2 aromatic carbocycles. The average Bonchev–Trinajstić information content (AvgIpc) is 2.73. The number of ether oxygens (including phenoxy) is 3. The molecule has 0 bridgehead atoms. The first-order chi connectivity index (χ1) is 15.0. The Morgan fingerprint density at radius 1 is 0.906 bits per heavy atom. The van der Waals surface area contributed by atoms with Crippen LogP contribution in [0.2, 0.25) is 5.02 Å². The summed E-state index contributed by atoms with van der Waals surface area (Å²) in [6.07, 6.45) is -1.01. The molecule has 0 heterocycles. The summed E-state index contributed by atoms with van der Waals surface area (Å²) in [4.78, 5) is 27.3. The molecule has 0 radical (unpaired) electrons. The third kappa shape index (κ3) is 7.64. The number of hydrogen-bond donors (Lipinski definition) is 0. The van der Waals surface area contributed by atoms with E-state index in [9.17, 15) is 9.59 Å². The van der Waals surface area contributed by atoms with Gasteiger partial charge in [0.05, 0.1) is 6.61 Å². The number of halogens is 1. The topological polar surface area (TPSA) is 68.3 Å². The van der Waals surface area contributed by atoms with Crippen LogP contribution in [0.5, 0.6) is 11.5 Å². The van der Waals surface area contributed by atoms with Crippen molar-refractivity contribution in [1.29, 1.82) is 0 Å². The van der Waals surface area contributed by atoms with Gasteiger partial charge in [-0.25, -0.2) is 9.59 Å². The molecule has 1 unspecified atom stereocenters. The smallest absolute Gasteiger partial charge is 0.414 e. The molecule has 2 amide bonds. The van der Waals surface area contributed by atoms with Gasteiger partial charge in [0.25, 0.3) is 0 Å². The molecular weight excluding hydrogens is 432 g/mol. The molecule has 0 N–H and O–H groups in total. The van der Waals surface area contributed by atoms with Gasteiger partial charge in [0, 0.05) is 38.1 Å². The number of carbonyl (C=O) groups is 2. The molecule has 0 aromatic heterocycles. The Morgan fingerprint density at radius 3 is 2.00 bits per heavy atom. The van der Waals surface area contributed by atoms with Gasteiger partial charge in [0.15, 0.2) is 0 Å². The minimum Gasteiger partial charge on any atom is -0.493 e. The molecule has 0 aliphatic carbocycles. The molecule has 8 heteroatoms. The second-order valence-electron chi connectivity index (χ2n) is 8.52. The summed E-state index contributed by atoms with van der Waals surface area (Å²) in [6.45, 7) is 6.12. The van der Waals surface area contributed by atoms with E-state index in [4.69, 9.17) is 25.8 Å². The van der Waals surface area contributed by atoms with E-state index in [-0.39, 0.29) is 5.54 Å². The van der Waals surface area contributed by atoms with E-state index in [2.05, 4.69) is 0 Å². The monoisotopic (exact) mass is 462 g/mol. The largest absolute Gasteiger partial charge is 0.493 e. The average molecular weight is 463 g/mol. The number of hydrogen-bond acceptors (Lipinski definition) is 5. The lowest BCUT2D eigenvalue weighted by molar-refractivity contribution is 0.0382. The molecule has 0 aliphatic heterocycles. The molecular formula is C24H31ClN2O5. The lowest BCUT2D eigenvalue weighted by Crippen LogP contribution is -2.43. The first kappa shape index (κ1) is 25.3. The van der Waals surface area contributed by atoms with Gasteiger partial charge >= 0.3 is 12.2 Å². The standard InChI is InChI=1S/C24H31ClN2O5/c1-24(2,3)27(6)23(29)32-21(15-16-30-19-13-9-18(25)10-14-19)17-7-11-20(12-8-17)31-22(28)26(4)5/h7-14,21H,15-16H2,1-6H3. The molecule has 32 heavy (non-hydrogen) atoms. The molecule has 2 rings (SSSR count). The van der Waals surface area contributed by atoms with Crippen molar-refractivity contribution in [2.24, 2.45) is 0 Å². The maximum absolute atomic E-state index is 12.7. The summed E-state index contributed by atoms with van der Waals surface area (Å²) >= 11 is 5.91. The highest BCUT2D eigenvalue weighted by atomic mass is 35.5. The Morgan fingerprint density at radius 2 is 1.47 bits per heavy atom. The van der Waals surface area contributed by atoms with E-state index in [1.54, 1.807) is 74.6 Å². The van der Waals surface area contributed by atoms with Gasteiger partial charge in [0.1, 0.15) is 17.6 Å². The van der Waals surface area contributed by atoms with Crippen LogP contribution in [0.25, 0.3) is 0 Å². The van der Waals surface area contributed by atoms with Crippen LogP contribution in [0.15, 0.2) is 48.5 Å². The van der Waals surface area contributed by atoms with Crippen molar-refractivity contribution in [3.05, 3.63) is 59.1 Å². The van der Waals surface area contributed by atoms with Crippen molar-refractivity contribution in [3.63, 3.8) is 0 Å². The zero-order chi connectivity index (χ0) is 23.9. The van der Waals surface area contributed by atoms with E-state index in [1.165, 1.54) is 4.90 Å². The SMILES string of the molecule is CN(C)C(=O)Oc1ccc(C(CCOc2ccc(Cl)cc2)OC(=O)N(C)C(C)(C)C)cc1. The summed E-state index contributed by atoms with van der Waals surface area (Å²) in [5.41, 5.74) is 0.385. The lowest BCUT2D eigenvalue weighted by atomic mass is 10.1. The Balaban J connectivity index is 2.12. The van der Waals surface area contributed by atoms with Crippen LogP contribution in [0.3, 0.4) is 0 Å². The highest BCUT2D eigenvalue weighted by Gasteiger charge is 2.27. The van der Waals surface area contributed by atoms with Crippen LogP contribution in [-0.2, 0) is 4.74 Å². The fourth-order valence-electron chi connectivity index (χ4n) is 2.53. The van der Waals surface area contributed by atoms with Gasteiger partial charge in [-0.05, 0) is 62.7 Å². The predicted octanol–water partition coefficient (Wildman–Crippen LogP) is 5.78. The molecule has 1 atom stereocenters. The summed E-state index contributed by atoms with van der Waals surface area (Å²) in [5, 5.41) is 0.629. The Hall–Kier alpha value is -2.93. The molecule has 7 nitrogen and oxygen atoms in total. The lowest BCUT2D eigenvalue weighted by Gasteiger charge is -2.32. The third-order valence-corrected chi connectivity index (χ3v) is 5.06. The summed E-state index contributed by atoms with van der Waals surface area (Å²) in [7, 11) is 4.92. The van der Waals surface area contributed by atoms with Crippen molar-refractivity contribution < 1.29 is 23.8 Å². The maximum atomic E-state index is 12.7. The zero-order valence-corrected chi connectivity index (χ0v) is 20.2. The van der Waals surface area contributed by atoms with Gasteiger partial charge in [0.2, 0.25) is 0 Å². The van der Waals surface area contributed by atoms with Crippen molar-refractivity contribution in [2.45, 2.75) is 38.8 Å². The molecule has 2 aromatic rings. The van der Waals surface area contributed by atoms with Crippen LogP contribution < -0.4 is 9.47 Å².